The fourth-order valence-electron chi connectivity index (χ4n) is 0.763. The van der Waals surface area contributed by atoms with Gasteiger partial charge in [0.05, 0.1) is 0 Å². The van der Waals surface area contributed by atoms with Crippen LogP contribution in [0.25, 0.3) is 0 Å². The first-order chi connectivity index (χ1) is 7.65. The summed E-state index contributed by atoms with van der Waals surface area (Å²) in [6.07, 6.45) is 0.174. The van der Waals surface area contributed by atoms with Crippen molar-refractivity contribution in [2.45, 2.75) is 79.8 Å². The van der Waals surface area contributed by atoms with Gasteiger partial charge in [-0.05, 0) is 55.4 Å². The quantitative estimate of drug-likeness (QED) is 0.734. The van der Waals surface area contributed by atoms with E-state index in [4.69, 9.17) is 19.1 Å². The van der Waals surface area contributed by atoms with E-state index in [-0.39, 0.29) is 24.4 Å². The summed E-state index contributed by atoms with van der Waals surface area (Å²) in [6, 6.07) is 0. The third kappa shape index (κ3) is 21.7. The molecule has 0 aromatic carbocycles. The lowest BCUT2D eigenvalue weighted by atomic mass is 10.2. The van der Waals surface area contributed by atoms with Gasteiger partial charge in [-0.25, -0.2) is 0 Å². The molecule has 0 saturated heterocycles. The summed E-state index contributed by atoms with van der Waals surface area (Å²) in [4.78, 5) is 0. The maximum absolute atomic E-state index is 8.06. The summed E-state index contributed by atoms with van der Waals surface area (Å²) in [7, 11) is -0.542. The van der Waals surface area contributed by atoms with Gasteiger partial charge in [0.25, 0.3) is 0 Å². The van der Waals surface area contributed by atoms with Gasteiger partial charge in [0.1, 0.15) is 0 Å². The molecule has 5 heteroatoms. The molecule has 17 heavy (non-hydrogen) atoms. The lowest BCUT2D eigenvalue weighted by molar-refractivity contribution is 0.0335. The Kier molecular flexibility index (Phi) is 12.5. The van der Waals surface area contributed by atoms with Crippen molar-refractivity contribution in [2.24, 2.45) is 0 Å². The molecule has 0 heterocycles. The number of aliphatic hydroxyl groups is 1. The molecule has 0 atom stereocenters. The Morgan fingerprint density at radius 3 is 0.941 bits per heavy atom. The average Bonchev–Trinajstić information content (AvgIpc) is 1.96. The molecule has 0 unspecified atom stereocenters. The summed E-state index contributed by atoms with van der Waals surface area (Å²) in [6.45, 7) is 15.2. The second kappa shape index (κ2) is 11.0. The van der Waals surface area contributed by atoms with E-state index in [1.807, 2.05) is 41.5 Å². The molecule has 0 radical (unpaired) electrons. The van der Waals surface area contributed by atoms with Crippen LogP contribution in [0.1, 0.15) is 55.4 Å². The van der Waals surface area contributed by atoms with Gasteiger partial charge in [0.2, 0.25) is 0 Å². The van der Waals surface area contributed by atoms with Gasteiger partial charge < -0.3 is 19.1 Å². The summed E-state index contributed by atoms with van der Waals surface area (Å²) in [5.41, 5.74) is 0. The first-order valence-electron chi connectivity index (χ1n) is 6.29. The van der Waals surface area contributed by atoms with Crippen LogP contribution in [0.4, 0.5) is 0 Å². The van der Waals surface area contributed by atoms with Crippen molar-refractivity contribution in [2.75, 3.05) is 0 Å². The SMILES string of the molecule is CC(C)O.CC(C)OB(OC(C)C)OC(C)C. The van der Waals surface area contributed by atoms with E-state index in [2.05, 4.69) is 0 Å². The van der Waals surface area contributed by atoms with Crippen molar-refractivity contribution in [3.63, 3.8) is 0 Å². The van der Waals surface area contributed by atoms with Gasteiger partial charge in [-0.1, -0.05) is 0 Å². The molecule has 0 fully saturated rings. The van der Waals surface area contributed by atoms with Gasteiger partial charge in [-0.2, -0.15) is 0 Å². The van der Waals surface area contributed by atoms with Crippen LogP contribution in [0.15, 0.2) is 0 Å². The number of hydrogen-bond donors (Lipinski definition) is 1. The minimum absolute atomic E-state index is 0.113. The Labute approximate surface area is 107 Å². The van der Waals surface area contributed by atoms with E-state index in [9.17, 15) is 0 Å². The second-order valence-electron chi connectivity index (χ2n) is 4.94. The van der Waals surface area contributed by atoms with E-state index < -0.39 is 7.32 Å². The van der Waals surface area contributed by atoms with Gasteiger partial charge in [0, 0.05) is 24.4 Å². The highest BCUT2D eigenvalue weighted by atomic mass is 16.7. The van der Waals surface area contributed by atoms with E-state index >= 15 is 0 Å². The fraction of sp³-hybridized carbons (Fsp3) is 1.00. The number of aliphatic hydroxyl groups excluding tert-OH is 1. The molecule has 0 aliphatic heterocycles. The normalized spacial score (nSPS) is 11.1. The first-order valence-corrected chi connectivity index (χ1v) is 6.29. The number of hydrogen-bond acceptors (Lipinski definition) is 4. The largest absolute Gasteiger partial charge is 0.639 e. The molecule has 0 saturated carbocycles. The van der Waals surface area contributed by atoms with Crippen molar-refractivity contribution in [3.8, 4) is 0 Å². The Bertz CT molecular complexity index is 134. The topological polar surface area (TPSA) is 47.9 Å². The molecule has 1 N–H and O–H groups in total. The molecule has 0 spiro atoms. The van der Waals surface area contributed by atoms with Crippen LogP contribution in [0, 0.1) is 0 Å². The third-order valence-electron chi connectivity index (χ3n) is 1.15. The minimum Gasteiger partial charge on any atom is -0.394 e. The number of rotatable bonds is 6. The van der Waals surface area contributed by atoms with Crippen LogP contribution in [-0.2, 0) is 14.0 Å². The highest BCUT2D eigenvalue weighted by Gasteiger charge is 2.25. The zero-order valence-electron chi connectivity index (χ0n) is 12.6. The van der Waals surface area contributed by atoms with Gasteiger partial charge in [0.15, 0.2) is 0 Å². The summed E-state index contributed by atoms with van der Waals surface area (Å²) >= 11 is 0. The summed E-state index contributed by atoms with van der Waals surface area (Å²) in [5.74, 6) is 0. The molecule has 4 nitrogen and oxygen atoms in total. The van der Waals surface area contributed by atoms with E-state index in [0.29, 0.717) is 0 Å². The van der Waals surface area contributed by atoms with Crippen LogP contribution in [0.3, 0.4) is 0 Å². The maximum Gasteiger partial charge on any atom is 0.639 e. The minimum atomic E-state index is -0.542. The first kappa shape index (κ1) is 19.2. The predicted molar refractivity (Wildman–Crippen MR) is 71.8 cm³/mol. The van der Waals surface area contributed by atoms with Gasteiger partial charge in [-0.15, -0.1) is 0 Å². The zero-order valence-corrected chi connectivity index (χ0v) is 12.6. The van der Waals surface area contributed by atoms with E-state index in [1.165, 1.54) is 0 Å². The van der Waals surface area contributed by atoms with E-state index in [0.717, 1.165) is 0 Å². The average molecular weight is 248 g/mol. The molecule has 104 valence electrons. The van der Waals surface area contributed by atoms with Gasteiger partial charge >= 0.3 is 7.32 Å². The smallest absolute Gasteiger partial charge is 0.394 e. The van der Waals surface area contributed by atoms with Crippen molar-refractivity contribution >= 4 is 7.32 Å². The van der Waals surface area contributed by atoms with Crippen molar-refractivity contribution < 1.29 is 19.1 Å². The third-order valence-corrected chi connectivity index (χ3v) is 1.15. The highest BCUT2D eigenvalue weighted by Crippen LogP contribution is 2.04. The highest BCUT2D eigenvalue weighted by molar-refractivity contribution is 6.36. The van der Waals surface area contributed by atoms with Crippen LogP contribution >= 0.6 is 0 Å². The molecule has 0 rings (SSSR count). The van der Waals surface area contributed by atoms with Crippen LogP contribution in [-0.4, -0.2) is 36.8 Å². The standard InChI is InChI=1S/C9H21BO3.C3H8O/c1-7(2)11-10(12-8(3)4)13-9(5)6;1-3(2)4/h7-9H,1-6H3;3-4H,1-2H3. The molecule has 0 bridgehead atoms. The Morgan fingerprint density at radius 2 is 0.824 bits per heavy atom. The molecule has 0 aliphatic carbocycles. The summed E-state index contributed by atoms with van der Waals surface area (Å²) in [5, 5.41) is 8.06. The maximum atomic E-state index is 8.06. The van der Waals surface area contributed by atoms with Crippen LogP contribution in [0.5, 0.6) is 0 Å². The summed E-state index contributed by atoms with van der Waals surface area (Å²) < 4.78 is 16.3. The fourth-order valence-corrected chi connectivity index (χ4v) is 0.763. The van der Waals surface area contributed by atoms with Crippen molar-refractivity contribution in [1.29, 1.82) is 0 Å². The molecule has 0 aromatic rings. The Morgan fingerprint density at radius 1 is 0.647 bits per heavy atom. The molecule has 0 aromatic heterocycles. The Balaban J connectivity index is 0. The molecular formula is C12H29BO4. The monoisotopic (exact) mass is 248 g/mol. The molecular weight excluding hydrogens is 219 g/mol. The predicted octanol–water partition coefficient (Wildman–Crippen LogP) is 2.63. The zero-order chi connectivity index (χ0) is 14.0. The molecule has 0 amide bonds. The van der Waals surface area contributed by atoms with Crippen LogP contribution < -0.4 is 0 Å². The molecule has 0 aliphatic rings. The lowest BCUT2D eigenvalue weighted by Crippen LogP contribution is -2.34. The van der Waals surface area contributed by atoms with Crippen molar-refractivity contribution in [1.82, 2.24) is 0 Å². The Hall–Kier alpha value is -0.0951. The lowest BCUT2D eigenvalue weighted by Gasteiger charge is -2.20. The second-order valence-corrected chi connectivity index (χ2v) is 4.94. The van der Waals surface area contributed by atoms with Gasteiger partial charge in [-0.3, -0.25) is 0 Å². The van der Waals surface area contributed by atoms with E-state index in [1.54, 1.807) is 13.8 Å². The van der Waals surface area contributed by atoms with Crippen LogP contribution in [0.2, 0.25) is 0 Å². The van der Waals surface area contributed by atoms with Crippen molar-refractivity contribution in [3.05, 3.63) is 0 Å².